The SMILES string of the molecule is COc1ccc2c(c1)C(NC(C)c1nncn1C)CCC2. The summed E-state index contributed by atoms with van der Waals surface area (Å²) in [6.07, 6.45) is 5.24. The zero-order chi connectivity index (χ0) is 14.8. The number of hydrogen-bond acceptors (Lipinski definition) is 4. The molecule has 0 radical (unpaired) electrons. The fourth-order valence-corrected chi connectivity index (χ4v) is 3.14. The van der Waals surface area contributed by atoms with Gasteiger partial charge in [-0.15, -0.1) is 10.2 Å². The van der Waals surface area contributed by atoms with Gasteiger partial charge in [0.15, 0.2) is 0 Å². The van der Waals surface area contributed by atoms with Crippen molar-refractivity contribution in [1.29, 1.82) is 0 Å². The van der Waals surface area contributed by atoms with Crippen molar-refractivity contribution >= 4 is 0 Å². The molecule has 1 N–H and O–H groups in total. The van der Waals surface area contributed by atoms with E-state index < -0.39 is 0 Å². The number of nitrogens with zero attached hydrogens (tertiary/aromatic N) is 3. The highest BCUT2D eigenvalue weighted by atomic mass is 16.5. The molecule has 0 bridgehead atoms. The number of benzene rings is 1. The average Bonchev–Trinajstić information content (AvgIpc) is 2.93. The molecule has 0 saturated heterocycles. The van der Waals surface area contributed by atoms with Gasteiger partial charge >= 0.3 is 0 Å². The van der Waals surface area contributed by atoms with E-state index in [2.05, 4.69) is 34.6 Å². The van der Waals surface area contributed by atoms with Crippen LogP contribution in [0.5, 0.6) is 5.75 Å². The van der Waals surface area contributed by atoms with Crippen molar-refractivity contribution in [1.82, 2.24) is 20.1 Å². The lowest BCUT2D eigenvalue weighted by Crippen LogP contribution is -2.29. The number of aryl methyl sites for hydroxylation is 2. The first-order valence-electron chi connectivity index (χ1n) is 7.46. The maximum absolute atomic E-state index is 5.37. The van der Waals surface area contributed by atoms with Gasteiger partial charge in [0.25, 0.3) is 0 Å². The summed E-state index contributed by atoms with van der Waals surface area (Å²) in [5.41, 5.74) is 2.78. The number of aromatic nitrogens is 3. The highest BCUT2D eigenvalue weighted by molar-refractivity contribution is 5.39. The molecule has 21 heavy (non-hydrogen) atoms. The summed E-state index contributed by atoms with van der Waals surface area (Å²) in [6.45, 7) is 2.14. The molecular formula is C16H22N4O. The minimum absolute atomic E-state index is 0.166. The Morgan fingerprint density at radius 2 is 2.29 bits per heavy atom. The largest absolute Gasteiger partial charge is 0.497 e. The second-order valence-electron chi connectivity index (χ2n) is 5.70. The van der Waals surface area contributed by atoms with E-state index in [0.29, 0.717) is 6.04 Å². The van der Waals surface area contributed by atoms with Gasteiger partial charge in [0.2, 0.25) is 0 Å². The molecule has 0 fully saturated rings. The fraction of sp³-hybridized carbons (Fsp3) is 0.500. The van der Waals surface area contributed by atoms with Crippen molar-refractivity contribution in [2.45, 2.75) is 38.3 Å². The van der Waals surface area contributed by atoms with Crippen LogP contribution >= 0.6 is 0 Å². The summed E-state index contributed by atoms with van der Waals surface area (Å²) in [4.78, 5) is 0. The molecule has 2 unspecified atom stereocenters. The second kappa shape index (κ2) is 5.85. The quantitative estimate of drug-likeness (QED) is 0.938. The molecule has 1 aliphatic carbocycles. The molecule has 0 saturated carbocycles. The Kier molecular flexibility index (Phi) is 3.92. The maximum atomic E-state index is 5.37. The van der Waals surface area contributed by atoms with Crippen molar-refractivity contribution in [3.63, 3.8) is 0 Å². The van der Waals surface area contributed by atoms with E-state index in [0.717, 1.165) is 24.4 Å². The fourth-order valence-electron chi connectivity index (χ4n) is 3.14. The van der Waals surface area contributed by atoms with Crippen molar-refractivity contribution in [3.8, 4) is 5.75 Å². The van der Waals surface area contributed by atoms with Crippen LogP contribution in [0, 0.1) is 0 Å². The molecule has 112 valence electrons. The van der Waals surface area contributed by atoms with Gasteiger partial charge in [-0.05, 0) is 49.4 Å². The van der Waals surface area contributed by atoms with Crippen LogP contribution in [-0.4, -0.2) is 21.9 Å². The number of fused-ring (bicyclic) bond motifs is 1. The summed E-state index contributed by atoms with van der Waals surface area (Å²) in [7, 11) is 3.69. The van der Waals surface area contributed by atoms with E-state index in [1.165, 1.54) is 17.5 Å². The molecule has 5 nitrogen and oxygen atoms in total. The molecule has 1 aliphatic rings. The van der Waals surface area contributed by atoms with Crippen molar-refractivity contribution in [3.05, 3.63) is 41.5 Å². The van der Waals surface area contributed by atoms with E-state index >= 15 is 0 Å². The highest BCUT2D eigenvalue weighted by Gasteiger charge is 2.23. The average molecular weight is 286 g/mol. The summed E-state index contributed by atoms with van der Waals surface area (Å²) >= 11 is 0. The van der Waals surface area contributed by atoms with Crippen LogP contribution < -0.4 is 10.1 Å². The number of nitrogens with one attached hydrogen (secondary N) is 1. The first-order valence-corrected chi connectivity index (χ1v) is 7.46. The Balaban J connectivity index is 1.83. The molecule has 0 aliphatic heterocycles. The number of hydrogen-bond donors (Lipinski definition) is 1. The van der Waals surface area contributed by atoms with Crippen LogP contribution in [0.4, 0.5) is 0 Å². The van der Waals surface area contributed by atoms with Gasteiger partial charge in [0, 0.05) is 13.1 Å². The van der Waals surface area contributed by atoms with Crippen LogP contribution in [0.2, 0.25) is 0 Å². The molecule has 1 heterocycles. The van der Waals surface area contributed by atoms with Gasteiger partial charge in [-0.2, -0.15) is 0 Å². The van der Waals surface area contributed by atoms with Crippen LogP contribution in [0.3, 0.4) is 0 Å². The molecule has 1 aromatic carbocycles. The number of ether oxygens (including phenoxy) is 1. The molecule has 0 amide bonds. The van der Waals surface area contributed by atoms with Gasteiger partial charge in [-0.25, -0.2) is 0 Å². The monoisotopic (exact) mass is 286 g/mol. The highest BCUT2D eigenvalue weighted by Crippen LogP contribution is 2.33. The lowest BCUT2D eigenvalue weighted by molar-refractivity contribution is 0.391. The van der Waals surface area contributed by atoms with Crippen molar-refractivity contribution in [2.75, 3.05) is 7.11 Å². The zero-order valence-electron chi connectivity index (χ0n) is 12.8. The van der Waals surface area contributed by atoms with Crippen molar-refractivity contribution < 1.29 is 4.74 Å². The maximum Gasteiger partial charge on any atom is 0.149 e. The molecule has 2 aromatic rings. The number of methoxy groups -OCH3 is 1. The lowest BCUT2D eigenvalue weighted by Gasteiger charge is -2.29. The Labute approximate surface area is 125 Å². The molecular weight excluding hydrogens is 264 g/mol. The smallest absolute Gasteiger partial charge is 0.149 e. The normalized spacial score (nSPS) is 19.1. The summed E-state index contributed by atoms with van der Waals surface area (Å²) in [6, 6.07) is 6.91. The van der Waals surface area contributed by atoms with Gasteiger partial charge < -0.3 is 14.6 Å². The van der Waals surface area contributed by atoms with Gasteiger partial charge in [0.05, 0.1) is 13.2 Å². The van der Waals surface area contributed by atoms with E-state index in [1.807, 2.05) is 17.7 Å². The van der Waals surface area contributed by atoms with Crippen LogP contribution in [-0.2, 0) is 13.5 Å². The van der Waals surface area contributed by atoms with Crippen LogP contribution in [0.25, 0.3) is 0 Å². The Bertz CT molecular complexity index is 622. The first kappa shape index (κ1) is 14.1. The van der Waals surface area contributed by atoms with E-state index in [1.54, 1.807) is 13.4 Å². The third-order valence-corrected chi connectivity index (χ3v) is 4.25. The van der Waals surface area contributed by atoms with Gasteiger partial charge in [-0.3, -0.25) is 0 Å². The molecule has 2 atom stereocenters. The van der Waals surface area contributed by atoms with E-state index in [-0.39, 0.29) is 6.04 Å². The third-order valence-electron chi connectivity index (χ3n) is 4.25. The summed E-state index contributed by atoms with van der Waals surface area (Å²) < 4.78 is 7.34. The Hall–Kier alpha value is -1.88. The third kappa shape index (κ3) is 2.78. The Morgan fingerprint density at radius 3 is 3.00 bits per heavy atom. The summed E-state index contributed by atoms with van der Waals surface area (Å²) in [5, 5.41) is 11.8. The molecule has 5 heteroatoms. The Morgan fingerprint density at radius 1 is 1.43 bits per heavy atom. The molecule has 1 aromatic heterocycles. The standard InChI is InChI=1S/C16H22N4O/c1-11(16-19-17-10-20(16)2)18-15-6-4-5-12-7-8-13(21-3)9-14(12)15/h7-11,15,18H,4-6H2,1-3H3. The van der Waals surface area contributed by atoms with Crippen LogP contribution in [0.15, 0.2) is 24.5 Å². The lowest BCUT2D eigenvalue weighted by atomic mass is 9.87. The minimum Gasteiger partial charge on any atom is -0.497 e. The van der Waals surface area contributed by atoms with Gasteiger partial charge in [-0.1, -0.05) is 6.07 Å². The first-order chi connectivity index (χ1) is 10.2. The minimum atomic E-state index is 0.166. The second-order valence-corrected chi connectivity index (χ2v) is 5.70. The topological polar surface area (TPSA) is 52.0 Å². The van der Waals surface area contributed by atoms with E-state index in [9.17, 15) is 0 Å². The predicted octanol–water partition coefficient (Wildman–Crippen LogP) is 2.55. The molecule has 0 spiro atoms. The zero-order valence-corrected chi connectivity index (χ0v) is 12.8. The van der Waals surface area contributed by atoms with Crippen LogP contribution in [0.1, 0.15) is 48.8 Å². The summed E-state index contributed by atoms with van der Waals surface area (Å²) in [5.74, 6) is 1.89. The van der Waals surface area contributed by atoms with Crippen molar-refractivity contribution in [2.24, 2.45) is 7.05 Å². The number of rotatable bonds is 4. The predicted molar refractivity (Wildman–Crippen MR) is 81.2 cm³/mol. The van der Waals surface area contributed by atoms with Gasteiger partial charge in [0.1, 0.15) is 17.9 Å². The molecule has 3 rings (SSSR count). The van der Waals surface area contributed by atoms with E-state index in [4.69, 9.17) is 4.74 Å².